The summed E-state index contributed by atoms with van der Waals surface area (Å²) in [6.07, 6.45) is 12.1. The van der Waals surface area contributed by atoms with Gasteiger partial charge in [0.15, 0.2) is 0 Å². The highest BCUT2D eigenvalue weighted by Gasteiger charge is 2.44. The van der Waals surface area contributed by atoms with Crippen molar-refractivity contribution in [1.29, 1.82) is 0 Å². The highest BCUT2D eigenvalue weighted by atomic mass is 32.2. The summed E-state index contributed by atoms with van der Waals surface area (Å²) in [6.45, 7) is 1.87. The van der Waals surface area contributed by atoms with Gasteiger partial charge < -0.3 is 9.13 Å². The number of unbranched alkanes of at least 4 members (excludes halogenated alkanes) is 1. The van der Waals surface area contributed by atoms with E-state index in [1.807, 2.05) is 42.5 Å². The van der Waals surface area contributed by atoms with Gasteiger partial charge in [-0.25, -0.2) is 9.97 Å². The normalized spacial score (nSPS) is 11.1. The van der Waals surface area contributed by atoms with Crippen molar-refractivity contribution in [2.75, 3.05) is 5.75 Å². The highest BCUT2D eigenvalue weighted by Crippen LogP contribution is 2.20. The summed E-state index contributed by atoms with van der Waals surface area (Å²) in [5.41, 5.74) is -5.53. The SMILES string of the molecule is CCCCS(=O)(=O)O.Cn1ccnc1.Cn1ccnc1.O=S(=O)(O)C(F)(F)F. The van der Waals surface area contributed by atoms with Crippen molar-refractivity contribution < 1.29 is 39.1 Å². The molecule has 2 aromatic heterocycles. The van der Waals surface area contributed by atoms with E-state index in [1.54, 1.807) is 25.0 Å². The lowest BCUT2D eigenvalue weighted by Gasteiger charge is -1.97. The number of rotatable bonds is 3. The molecule has 0 aromatic carbocycles. The summed E-state index contributed by atoms with van der Waals surface area (Å²) in [5, 5.41) is 0. The Labute approximate surface area is 161 Å². The summed E-state index contributed by atoms with van der Waals surface area (Å²) in [4.78, 5) is 7.57. The van der Waals surface area contributed by atoms with Gasteiger partial charge in [0.2, 0.25) is 0 Å². The van der Waals surface area contributed by atoms with E-state index in [9.17, 15) is 21.6 Å². The third-order valence-electron chi connectivity index (χ3n) is 2.32. The lowest BCUT2D eigenvalue weighted by atomic mass is 10.4. The van der Waals surface area contributed by atoms with E-state index in [1.165, 1.54) is 0 Å². The molecule has 15 heteroatoms. The molecule has 0 bridgehead atoms. The second-order valence-corrected chi connectivity index (χ2v) is 8.00. The molecule has 0 spiro atoms. The van der Waals surface area contributed by atoms with Crippen LogP contribution in [0, 0.1) is 0 Å². The largest absolute Gasteiger partial charge is 0.522 e. The molecular formula is C13H23F3N4O6S2. The summed E-state index contributed by atoms with van der Waals surface area (Å²) < 4.78 is 89.3. The topological polar surface area (TPSA) is 144 Å². The maximum Gasteiger partial charge on any atom is 0.522 e. The summed E-state index contributed by atoms with van der Waals surface area (Å²) in [5.74, 6) is -0.108. The summed E-state index contributed by atoms with van der Waals surface area (Å²) in [7, 11) is -5.65. The molecule has 0 aliphatic heterocycles. The zero-order chi connectivity index (χ0) is 22.4. The Hall–Kier alpha value is -1.97. The van der Waals surface area contributed by atoms with Gasteiger partial charge in [0, 0.05) is 38.9 Å². The maximum absolute atomic E-state index is 10.7. The van der Waals surface area contributed by atoms with Gasteiger partial charge in [0.1, 0.15) is 0 Å². The van der Waals surface area contributed by atoms with Gasteiger partial charge in [-0.3, -0.25) is 9.11 Å². The van der Waals surface area contributed by atoms with Gasteiger partial charge in [0.05, 0.1) is 18.4 Å². The second kappa shape index (κ2) is 13.2. The molecule has 10 nitrogen and oxygen atoms in total. The first-order valence-electron chi connectivity index (χ1n) is 7.43. The minimum Gasteiger partial charge on any atom is -0.341 e. The van der Waals surface area contributed by atoms with Crippen molar-refractivity contribution in [2.24, 2.45) is 14.1 Å². The summed E-state index contributed by atoms with van der Waals surface area (Å²) >= 11 is 0. The molecule has 164 valence electrons. The molecule has 28 heavy (non-hydrogen) atoms. The molecule has 2 rings (SSSR count). The molecule has 2 N–H and O–H groups in total. The average Bonchev–Trinajstić information content (AvgIpc) is 3.18. The van der Waals surface area contributed by atoms with Crippen LogP contribution in [0.4, 0.5) is 13.2 Å². The van der Waals surface area contributed by atoms with E-state index in [2.05, 4.69) is 9.97 Å². The Bertz CT molecular complexity index is 788. The maximum atomic E-state index is 10.7. The molecule has 0 unspecified atom stereocenters. The van der Waals surface area contributed by atoms with Crippen LogP contribution in [-0.4, -0.2) is 56.3 Å². The predicted molar refractivity (Wildman–Crippen MR) is 95.3 cm³/mol. The summed E-state index contributed by atoms with van der Waals surface area (Å²) in [6, 6.07) is 0. The molecular weight excluding hydrogens is 429 g/mol. The highest BCUT2D eigenvalue weighted by molar-refractivity contribution is 7.86. The van der Waals surface area contributed by atoms with E-state index in [0.717, 1.165) is 6.42 Å². The lowest BCUT2D eigenvalue weighted by molar-refractivity contribution is -0.0510. The molecule has 0 radical (unpaired) electrons. The van der Waals surface area contributed by atoms with Crippen molar-refractivity contribution in [3.63, 3.8) is 0 Å². The van der Waals surface area contributed by atoms with Crippen molar-refractivity contribution in [3.8, 4) is 0 Å². The first kappa shape index (κ1) is 28.2. The molecule has 0 fully saturated rings. The second-order valence-electron chi connectivity index (χ2n) is 5.02. The van der Waals surface area contributed by atoms with Crippen molar-refractivity contribution in [3.05, 3.63) is 37.4 Å². The van der Waals surface area contributed by atoms with Crippen LogP contribution in [0.5, 0.6) is 0 Å². The van der Waals surface area contributed by atoms with Gasteiger partial charge in [-0.15, -0.1) is 0 Å². The molecule has 0 saturated heterocycles. The van der Waals surface area contributed by atoms with E-state index in [4.69, 9.17) is 17.5 Å². The average molecular weight is 452 g/mol. The lowest BCUT2D eigenvalue weighted by Crippen LogP contribution is -2.21. The Morgan fingerprint density at radius 2 is 1.29 bits per heavy atom. The Kier molecular flexibility index (Phi) is 13.4. The van der Waals surface area contributed by atoms with E-state index >= 15 is 0 Å². The Balaban J connectivity index is 0. The number of imidazole rings is 2. The van der Waals surface area contributed by atoms with Crippen LogP contribution >= 0.6 is 0 Å². The quantitative estimate of drug-likeness (QED) is 0.531. The van der Waals surface area contributed by atoms with E-state index in [-0.39, 0.29) is 5.75 Å². The van der Waals surface area contributed by atoms with Crippen molar-refractivity contribution >= 4 is 20.2 Å². The van der Waals surface area contributed by atoms with Crippen LogP contribution in [0.15, 0.2) is 37.4 Å². The number of aromatic nitrogens is 4. The van der Waals surface area contributed by atoms with Gasteiger partial charge in [-0.1, -0.05) is 13.3 Å². The number of halogens is 3. The third-order valence-corrected chi connectivity index (χ3v) is 3.71. The third kappa shape index (κ3) is 18.8. The molecule has 0 saturated carbocycles. The Morgan fingerprint density at radius 3 is 1.36 bits per heavy atom. The van der Waals surface area contributed by atoms with Gasteiger partial charge in [-0.2, -0.15) is 30.0 Å². The van der Waals surface area contributed by atoms with Crippen LogP contribution in [-0.2, 0) is 34.3 Å². The zero-order valence-electron chi connectivity index (χ0n) is 15.4. The van der Waals surface area contributed by atoms with Gasteiger partial charge >= 0.3 is 15.6 Å². The molecule has 0 aliphatic carbocycles. The van der Waals surface area contributed by atoms with Crippen LogP contribution < -0.4 is 0 Å². The minimum atomic E-state index is -5.84. The van der Waals surface area contributed by atoms with Crippen molar-refractivity contribution in [1.82, 2.24) is 19.1 Å². The first-order chi connectivity index (χ1) is 12.6. The van der Waals surface area contributed by atoms with Crippen LogP contribution in [0.3, 0.4) is 0 Å². The predicted octanol–water partition coefficient (Wildman–Crippen LogP) is 1.91. The number of hydrogen-bond donors (Lipinski definition) is 2. The van der Waals surface area contributed by atoms with E-state index in [0.29, 0.717) is 6.42 Å². The fourth-order valence-electron chi connectivity index (χ4n) is 0.978. The number of hydrogen-bond acceptors (Lipinski definition) is 6. The van der Waals surface area contributed by atoms with Crippen LogP contribution in [0.1, 0.15) is 19.8 Å². The van der Waals surface area contributed by atoms with Gasteiger partial charge in [0.25, 0.3) is 10.1 Å². The molecule has 0 aliphatic rings. The first-order valence-corrected chi connectivity index (χ1v) is 10.5. The van der Waals surface area contributed by atoms with E-state index < -0.39 is 25.7 Å². The Morgan fingerprint density at radius 1 is 0.929 bits per heavy atom. The molecule has 2 heterocycles. The number of aryl methyl sites for hydroxylation is 2. The fourth-order valence-corrected chi connectivity index (χ4v) is 1.63. The molecule has 0 amide bonds. The van der Waals surface area contributed by atoms with Gasteiger partial charge in [-0.05, 0) is 6.42 Å². The van der Waals surface area contributed by atoms with Crippen LogP contribution in [0.2, 0.25) is 0 Å². The standard InChI is InChI=1S/2C4H6N2.C4H10O3S.CHF3O3S/c2*1-6-3-2-5-4-6;1-2-3-4-8(5,6)7;2-1(3,4)8(5,6)7/h2*2-4H,1H3;2-4H2,1H3,(H,5,6,7);(H,5,6,7). The minimum absolute atomic E-state index is 0.108. The number of nitrogens with zero attached hydrogens (tertiary/aromatic N) is 4. The zero-order valence-corrected chi connectivity index (χ0v) is 17.0. The van der Waals surface area contributed by atoms with Crippen molar-refractivity contribution in [2.45, 2.75) is 25.3 Å². The number of alkyl halides is 3. The van der Waals surface area contributed by atoms with Crippen LogP contribution in [0.25, 0.3) is 0 Å². The smallest absolute Gasteiger partial charge is 0.341 e. The monoisotopic (exact) mass is 452 g/mol. The molecule has 0 atom stereocenters. The fraction of sp³-hybridized carbons (Fsp3) is 0.538. The molecule has 2 aromatic rings.